The maximum Gasteiger partial charge on any atom is 0.279 e. The number of nitrogens with zero attached hydrogens (tertiary/aromatic N) is 2. The van der Waals surface area contributed by atoms with Gasteiger partial charge in [-0.1, -0.05) is 11.8 Å². The molecule has 2 heterocycles. The Bertz CT molecular complexity index is 713. The lowest BCUT2D eigenvalue weighted by Gasteiger charge is -2.05. The van der Waals surface area contributed by atoms with Crippen LogP contribution in [0, 0.1) is 11.8 Å². The Hall–Kier alpha value is -2.37. The van der Waals surface area contributed by atoms with E-state index in [4.69, 9.17) is 5.73 Å². The minimum absolute atomic E-state index is 0.0345. The summed E-state index contributed by atoms with van der Waals surface area (Å²) < 4.78 is 26.1. The number of H-pyrrole nitrogens is 1. The number of nitrogens with one attached hydrogen (secondary N) is 2. The van der Waals surface area contributed by atoms with Crippen LogP contribution < -0.4 is 10.5 Å². The lowest BCUT2D eigenvalue weighted by atomic mass is 10.2. The van der Waals surface area contributed by atoms with Gasteiger partial charge in [-0.05, 0) is 18.2 Å². The minimum atomic E-state index is -3.71. The number of rotatable bonds is 3. The van der Waals surface area contributed by atoms with Gasteiger partial charge in [0, 0.05) is 11.8 Å². The number of sulfonamides is 1. The van der Waals surface area contributed by atoms with Crippen molar-refractivity contribution in [3.8, 4) is 11.8 Å². The molecule has 0 unspecified atom stereocenters. The predicted octanol–water partition coefficient (Wildman–Crippen LogP) is -0.0843. The molecule has 0 fully saturated rings. The van der Waals surface area contributed by atoms with Crippen LogP contribution in [0.4, 0.5) is 5.82 Å². The summed E-state index contributed by atoms with van der Waals surface area (Å²) in [7, 11) is -3.71. The molecule has 4 N–H and O–H groups in total. The number of hydrogen-bond donors (Lipinski definition) is 3. The number of aromatic amines is 1. The SMILES string of the molecule is NCC#Cc1ccnc(NS(=O)(=O)c2ccn[nH]2)c1. The standard InChI is InChI=1S/C11H11N5O2S/c12-5-1-2-9-3-6-13-10(8-9)16-19(17,18)11-4-7-14-15-11/h3-4,6-8H,5,12H2,(H,13,16)(H,14,15). The summed E-state index contributed by atoms with van der Waals surface area (Å²) in [6.45, 7) is 0.234. The quantitative estimate of drug-likeness (QED) is 0.679. The first-order valence-corrected chi connectivity index (χ1v) is 6.77. The Balaban J connectivity index is 2.25. The van der Waals surface area contributed by atoms with Gasteiger partial charge in [-0.3, -0.25) is 9.82 Å². The third kappa shape index (κ3) is 3.31. The molecule has 0 aliphatic rings. The number of pyridine rings is 1. The molecule has 0 saturated heterocycles. The van der Waals surface area contributed by atoms with Crippen LogP contribution in [0.15, 0.2) is 35.6 Å². The van der Waals surface area contributed by atoms with Crippen LogP contribution in [0.2, 0.25) is 0 Å². The first-order valence-electron chi connectivity index (χ1n) is 5.29. The molecule has 0 saturated carbocycles. The molecular formula is C11H11N5O2S. The van der Waals surface area contributed by atoms with E-state index in [-0.39, 0.29) is 17.4 Å². The van der Waals surface area contributed by atoms with Crippen molar-refractivity contribution >= 4 is 15.8 Å². The third-order valence-corrected chi connectivity index (χ3v) is 3.38. The lowest BCUT2D eigenvalue weighted by molar-refractivity contribution is 0.597. The zero-order valence-corrected chi connectivity index (χ0v) is 10.6. The molecule has 0 radical (unpaired) electrons. The van der Waals surface area contributed by atoms with Crippen molar-refractivity contribution in [2.45, 2.75) is 5.03 Å². The van der Waals surface area contributed by atoms with E-state index in [1.165, 1.54) is 24.5 Å². The molecule has 8 heteroatoms. The zero-order chi connectivity index (χ0) is 13.7. The van der Waals surface area contributed by atoms with Gasteiger partial charge in [0.2, 0.25) is 0 Å². The molecule has 0 aromatic carbocycles. The van der Waals surface area contributed by atoms with Crippen LogP contribution in [-0.4, -0.2) is 30.1 Å². The second-order valence-electron chi connectivity index (χ2n) is 3.46. The zero-order valence-electron chi connectivity index (χ0n) is 9.79. The molecule has 2 aromatic rings. The normalized spacial score (nSPS) is 10.6. The minimum Gasteiger partial charge on any atom is -0.320 e. The Kier molecular flexibility index (Phi) is 3.79. The Labute approximate surface area is 110 Å². The summed E-state index contributed by atoms with van der Waals surface area (Å²) in [4.78, 5) is 3.92. The van der Waals surface area contributed by atoms with Crippen molar-refractivity contribution in [2.75, 3.05) is 11.3 Å². The van der Waals surface area contributed by atoms with Crippen LogP contribution in [0.25, 0.3) is 0 Å². The van der Waals surface area contributed by atoms with Gasteiger partial charge in [-0.25, -0.2) is 4.98 Å². The molecule has 0 aliphatic carbocycles. The number of nitrogens with two attached hydrogens (primary N) is 1. The van der Waals surface area contributed by atoms with E-state index in [1.807, 2.05) is 0 Å². The van der Waals surface area contributed by atoms with Gasteiger partial charge < -0.3 is 5.73 Å². The Morgan fingerprint density at radius 1 is 1.37 bits per heavy atom. The van der Waals surface area contributed by atoms with E-state index in [2.05, 4.69) is 31.7 Å². The van der Waals surface area contributed by atoms with Crippen LogP contribution in [0.1, 0.15) is 5.56 Å². The fourth-order valence-corrected chi connectivity index (χ4v) is 2.21. The molecule has 7 nitrogen and oxygen atoms in total. The van der Waals surface area contributed by atoms with Gasteiger partial charge in [0.25, 0.3) is 10.0 Å². The summed E-state index contributed by atoms with van der Waals surface area (Å²) >= 11 is 0. The third-order valence-electron chi connectivity index (χ3n) is 2.10. The fourth-order valence-electron chi connectivity index (χ4n) is 1.30. The molecule has 2 rings (SSSR count). The van der Waals surface area contributed by atoms with E-state index in [0.29, 0.717) is 5.56 Å². The van der Waals surface area contributed by atoms with Gasteiger partial charge in [0.1, 0.15) is 5.82 Å². The largest absolute Gasteiger partial charge is 0.320 e. The van der Waals surface area contributed by atoms with Gasteiger partial charge in [-0.2, -0.15) is 13.5 Å². The van der Waals surface area contributed by atoms with E-state index >= 15 is 0 Å². The highest BCUT2D eigenvalue weighted by Gasteiger charge is 2.15. The van der Waals surface area contributed by atoms with Crippen molar-refractivity contribution in [3.63, 3.8) is 0 Å². The van der Waals surface area contributed by atoms with E-state index in [0.717, 1.165) is 0 Å². The average molecular weight is 277 g/mol. The second-order valence-corrected chi connectivity index (χ2v) is 5.11. The van der Waals surface area contributed by atoms with Crippen molar-refractivity contribution in [1.82, 2.24) is 15.2 Å². The molecular weight excluding hydrogens is 266 g/mol. The van der Waals surface area contributed by atoms with Crippen LogP contribution in [0.5, 0.6) is 0 Å². The Morgan fingerprint density at radius 2 is 2.21 bits per heavy atom. The first-order chi connectivity index (χ1) is 9.12. The molecule has 2 aromatic heterocycles. The summed E-state index contributed by atoms with van der Waals surface area (Å²) in [6, 6.07) is 4.54. The van der Waals surface area contributed by atoms with E-state index in [9.17, 15) is 8.42 Å². The van der Waals surface area contributed by atoms with Crippen molar-refractivity contribution < 1.29 is 8.42 Å². The average Bonchev–Trinajstić information content (AvgIpc) is 2.91. The monoisotopic (exact) mass is 277 g/mol. The van der Waals surface area contributed by atoms with Gasteiger partial charge in [-0.15, -0.1) is 0 Å². The molecule has 0 amide bonds. The smallest absolute Gasteiger partial charge is 0.279 e. The number of hydrogen-bond acceptors (Lipinski definition) is 5. The maximum atomic E-state index is 11.9. The highest BCUT2D eigenvalue weighted by atomic mass is 32.2. The molecule has 0 spiro atoms. The first kappa shape index (κ1) is 13.1. The van der Waals surface area contributed by atoms with Crippen molar-refractivity contribution in [1.29, 1.82) is 0 Å². The van der Waals surface area contributed by atoms with Crippen LogP contribution >= 0.6 is 0 Å². The Morgan fingerprint density at radius 3 is 2.89 bits per heavy atom. The predicted molar refractivity (Wildman–Crippen MR) is 69.6 cm³/mol. The van der Waals surface area contributed by atoms with Crippen molar-refractivity contribution in [2.24, 2.45) is 5.73 Å². The highest BCUT2D eigenvalue weighted by molar-refractivity contribution is 7.92. The van der Waals surface area contributed by atoms with Gasteiger partial charge in [0.15, 0.2) is 5.03 Å². The van der Waals surface area contributed by atoms with E-state index in [1.54, 1.807) is 6.07 Å². The fraction of sp³-hybridized carbons (Fsp3) is 0.0909. The number of aromatic nitrogens is 3. The highest BCUT2D eigenvalue weighted by Crippen LogP contribution is 2.12. The van der Waals surface area contributed by atoms with Crippen molar-refractivity contribution in [3.05, 3.63) is 36.2 Å². The maximum absolute atomic E-state index is 11.9. The van der Waals surface area contributed by atoms with Crippen LogP contribution in [0.3, 0.4) is 0 Å². The molecule has 0 bridgehead atoms. The second kappa shape index (κ2) is 5.51. The van der Waals surface area contributed by atoms with Crippen LogP contribution in [-0.2, 0) is 10.0 Å². The van der Waals surface area contributed by atoms with Gasteiger partial charge in [0.05, 0.1) is 12.7 Å². The number of anilines is 1. The van der Waals surface area contributed by atoms with Gasteiger partial charge >= 0.3 is 0 Å². The topological polar surface area (TPSA) is 114 Å². The summed E-state index contributed by atoms with van der Waals surface area (Å²) in [5, 5.41) is 5.93. The molecule has 98 valence electrons. The van der Waals surface area contributed by atoms with E-state index < -0.39 is 10.0 Å². The molecule has 0 aliphatic heterocycles. The molecule has 0 atom stereocenters. The molecule has 19 heavy (non-hydrogen) atoms. The lowest BCUT2D eigenvalue weighted by Crippen LogP contribution is -2.14. The summed E-state index contributed by atoms with van der Waals surface area (Å²) in [5.41, 5.74) is 5.90. The summed E-state index contributed by atoms with van der Waals surface area (Å²) in [5.74, 6) is 5.65. The summed E-state index contributed by atoms with van der Waals surface area (Å²) in [6.07, 6.45) is 2.82.